The fraction of sp³-hybridized carbons (Fsp3) is 0.800. The Morgan fingerprint density at radius 2 is 0.667 bits per heavy atom. The first-order valence-corrected chi connectivity index (χ1v) is 13.1. The molecule has 0 unspecified atom stereocenters. The van der Waals surface area contributed by atoms with Gasteiger partial charge in [-0.2, -0.15) is 0 Å². The second-order valence-corrected chi connectivity index (χ2v) is 8.79. The second kappa shape index (κ2) is 18.7. The van der Waals surface area contributed by atoms with Crippen molar-refractivity contribution in [1.29, 1.82) is 0 Å². The third-order valence-electron chi connectivity index (χ3n) is 5.31. The first-order chi connectivity index (χ1) is 15.4. The molecule has 0 aromatic rings. The van der Waals surface area contributed by atoms with Crippen molar-refractivity contribution in [3.8, 4) is 0 Å². The standard InChI is InChI=1S/4C5H10N2S.Pt/c4*1-2-7-4-3-6-5(7)8;/h4*2-4H2,1H3,(H,6,8);. The van der Waals surface area contributed by atoms with Crippen LogP contribution in [0.1, 0.15) is 27.7 Å². The molecule has 33 heavy (non-hydrogen) atoms. The van der Waals surface area contributed by atoms with Crippen molar-refractivity contribution in [3.05, 3.63) is 0 Å². The number of hydrogen-bond donors (Lipinski definition) is 4. The number of hydrogen-bond acceptors (Lipinski definition) is 4. The third kappa shape index (κ3) is 12.1. The van der Waals surface area contributed by atoms with E-state index in [1.807, 2.05) is 0 Å². The zero-order chi connectivity index (χ0) is 23.9. The molecule has 8 nitrogen and oxygen atoms in total. The van der Waals surface area contributed by atoms with E-state index in [2.05, 4.69) is 68.6 Å². The second-order valence-electron chi connectivity index (χ2n) is 7.25. The minimum atomic E-state index is 0. The quantitative estimate of drug-likeness (QED) is 0.312. The fourth-order valence-corrected chi connectivity index (χ4v) is 4.54. The summed E-state index contributed by atoms with van der Waals surface area (Å²) in [7, 11) is 0. The van der Waals surface area contributed by atoms with Crippen LogP contribution >= 0.6 is 48.9 Å². The maximum absolute atomic E-state index is 4.95. The minimum absolute atomic E-state index is 0. The molecule has 4 rings (SSSR count). The van der Waals surface area contributed by atoms with Crippen LogP contribution in [-0.4, -0.2) is 119 Å². The summed E-state index contributed by atoms with van der Waals surface area (Å²) in [5.74, 6) is 0. The number of rotatable bonds is 4. The van der Waals surface area contributed by atoms with Crippen LogP contribution in [0, 0.1) is 0 Å². The van der Waals surface area contributed by atoms with Gasteiger partial charge in [-0.25, -0.2) is 0 Å². The van der Waals surface area contributed by atoms with E-state index in [0.29, 0.717) is 0 Å². The van der Waals surface area contributed by atoms with E-state index in [-0.39, 0.29) is 21.1 Å². The first-order valence-electron chi connectivity index (χ1n) is 11.5. The van der Waals surface area contributed by atoms with E-state index in [4.69, 9.17) is 48.9 Å². The van der Waals surface area contributed by atoms with Gasteiger partial charge in [0.05, 0.1) is 0 Å². The van der Waals surface area contributed by atoms with E-state index in [0.717, 1.165) is 99.0 Å². The summed E-state index contributed by atoms with van der Waals surface area (Å²) >= 11 is 19.8. The average Bonchev–Trinajstić information content (AvgIpc) is 3.58. The van der Waals surface area contributed by atoms with Gasteiger partial charge in [0.25, 0.3) is 0 Å². The summed E-state index contributed by atoms with van der Waals surface area (Å²) < 4.78 is 0. The maximum atomic E-state index is 4.95. The third-order valence-corrected chi connectivity index (χ3v) is 6.92. The molecule has 0 bridgehead atoms. The summed E-state index contributed by atoms with van der Waals surface area (Å²) in [6.07, 6.45) is 0. The summed E-state index contributed by atoms with van der Waals surface area (Å²) in [5.41, 5.74) is 0. The van der Waals surface area contributed by atoms with Crippen molar-refractivity contribution >= 4 is 69.3 Å². The SMILES string of the molecule is CCN1CCNC1=S.CCN1CCNC1=S.CCN1CCNC1=S.CCN1CCNC1=S.[Pt]. The normalized spacial score (nSPS) is 18.5. The van der Waals surface area contributed by atoms with Crippen molar-refractivity contribution in [1.82, 2.24) is 40.9 Å². The summed E-state index contributed by atoms with van der Waals surface area (Å²) in [4.78, 5) is 8.59. The van der Waals surface area contributed by atoms with Gasteiger partial charge in [0.2, 0.25) is 0 Å². The Morgan fingerprint density at radius 3 is 0.727 bits per heavy atom. The van der Waals surface area contributed by atoms with Crippen LogP contribution in [0.25, 0.3) is 0 Å². The van der Waals surface area contributed by atoms with E-state index < -0.39 is 0 Å². The number of thiocarbonyl (C=S) groups is 4. The first kappa shape index (κ1) is 32.4. The fourth-order valence-electron chi connectivity index (χ4n) is 3.25. The van der Waals surface area contributed by atoms with E-state index in [9.17, 15) is 0 Å². The largest absolute Gasteiger partial charge is 0.361 e. The monoisotopic (exact) mass is 715 g/mol. The van der Waals surface area contributed by atoms with Gasteiger partial charge in [-0.15, -0.1) is 0 Å². The van der Waals surface area contributed by atoms with Gasteiger partial charge in [0.1, 0.15) is 0 Å². The van der Waals surface area contributed by atoms with Gasteiger partial charge in [0, 0.05) is 99.6 Å². The van der Waals surface area contributed by atoms with E-state index in [1.54, 1.807) is 0 Å². The van der Waals surface area contributed by atoms with Gasteiger partial charge in [-0.05, 0) is 76.6 Å². The van der Waals surface area contributed by atoms with Crippen LogP contribution in [0.5, 0.6) is 0 Å². The Bertz CT molecular complexity index is 521. The minimum Gasteiger partial charge on any atom is -0.361 e. The van der Waals surface area contributed by atoms with Gasteiger partial charge in [-0.3, -0.25) is 0 Å². The van der Waals surface area contributed by atoms with Crippen molar-refractivity contribution in [2.45, 2.75) is 27.7 Å². The molecule has 4 fully saturated rings. The molecule has 13 heteroatoms. The van der Waals surface area contributed by atoms with E-state index in [1.165, 1.54) is 0 Å². The number of likely N-dealkylation sites (N-methyl/N-ethyl adjacent to an activating group) is 4. The molecule has 194 valence electrons. The molecule has 4 aliphatic rings. The average molecular weight is 716 g/mol. The Kier molecular flexibility index (Phi) is 18.4. The van der Waals surface area contributed by atoms with Crippen molar-refractivity contribution in [2.75, 3.05) is 78.5 Å². The number of nitrogens with one attached hydrogen (secondary N) is 4. The van der Waals surface area contributed by atoms with Crippen molar-refractivity contribution < 1.29 is 21.1 Å². The molecule has 0 amide bonds. The maximum Gasteiger partial charge on any atom is 0.169 e. The van der Waals surface area contributed by atoms with Crippen LogP contribution in [0.2, 0.25) is 0 Å². The Labute approximate surface area is 236 Å². The molecule has 0 atom stereocenters. The van der Waals surface area contributed by atoms with Crippen molar-refractivity contribution in [3.63, 3.8) is 0 Å². The molecule has 0 aromatic heterocycles. The van der Waals surface area contributed by atoms with E-state index >= 15 is 0 Å². The van der Waals surface area contributed by atoms with Gasteiger partial charge < -0.3 is 40.9 Å². The predicted molar refractivity (Wildman–Crippen MR) is 151 cm³/mol. The molecule has 0 spiro atoms. The molecular weight excluding hydrogens is 676 g/mol. The summed E-state index contributed by atoms with van der Waals surface area (Å²) in [6.45, 7) is 21.0. The predicted octanol–water partition coefficient (Wildman–Crippen LogP) is 0.783. The van der Waals surface area contributed by atoms with Gasteiger partial charge in [0.15, 0.2) is 20.4 Å². The molecule has 0 saturated carbocycles. The van der Waals surface area contributed by atoms with Crippen LogP contribution in [0.4, 0.5) is 0 Å². The molecule has 0 radical (unpaired) electrons. The van der Waals surface area contributed by atoms with Crippen molar-refractivity contribution in [2.24, 2.45) is 0 Å². The molecular formula is C20H40N8PtS4. The van der Waals surface area contributed by atoms with Gasteiger partial charge >= 0.3 is 0 Å². The Balaban J connectivity index is 0.000000410. The van der Waals surface area contributed by atoms with Crippen LogP contribution in [-0.2, 0) is 21.1 Å². The zero-order valence-corrected chi connectivity index (χ0v) is 25.8. The summed E-state index contributed by atoms with van der Waals surface area (Å²) in [6, 6.07) is 0. The summed E-state index contributed by atoms with van der Waals surface area (Å²) in [5, 5.41) is 16.0. The molecule has 4 saturated heterocycles. The van der Waals surface area contributed by atoms with Crippen LogP contribution < -0.4 is 21.3 Å². The number of nitrogens with zero attached hydrogens (tertiary/aromatic N) is 4. The smallest absolute Gasteiger partial charge is 0.169 e. The van der Waals surface area contributed by atoms with Crippen LogP contribution in [0.3, 0.4) is 0 Å². The van der Waals surface area contributed by atoms with Crippen LogP contribution in [0.15, 0.2) is 0 Å². The molecule has 4 N–H and O–H groups in total. The molecule has 4 aliphatic heterocycles. The molecule has 0 aliphatic carbocycles. The Morgan fingerprint density at radius 1 is 0.485 bits per heavy atom. The molecule has 4 heterocycles. The zero-order valence-electron chi connectivity index (χ0n) is 20.2. The Hall–Kier alpha value is -0.552. The molecule has 0 aromatic carbocycles. The topological polar surface area (TPSA) is 61.1 Å². The van der Waals surface area contributed by atoms with Gasteiger partial charge in [-0.1, -0.05) is 0 Å².